The van der Waals surface area contributed by atoms with Crippen molar-refractivity contribution >= 4 is 21.5 Å². The van der Waals surface area contributed by atoms with Crippen LogP contribution in [0.3, 0.4) is 0 Å². The lowest BCUT2D eigenvalue weighted by atomic mass is 9.91. The highest BCUT2D eigenvalue weighted by atomic mass is 15.0. The molecule has 0 atom stereocenters. The van der Waals surface area contributed by atoms with Crippen molar-refractivity contribution in [3.05, 3.63) is 216 Å². The Morgan fingerprint density at radius 2 is 0.485 bits per heavy atom. The largest absolute Gasteiger partial charge is 0.208 e. The van der Waals surface area contributed by atoms with Crippen molar-refractivity contribution in [3.63, 3.8) is 0 Å². The highest BCUT2D eigenvalue weighted by molar-refractivity contribution is 6.15. The minimum absolute atomic E-state index is 0.635. The Morgan fingerprint density at radius 1 is 0.212 bits per heavy atom. The van der Waals surface area contributed by atoms with Crippen LogP contribution in [0.15, 0.2) is 194 Å². The predicted octanol–water partition coefficient (Wildman–Crippen LogP) is 14.9. The van der Waals surface area contributed by atoms with E-state index in [9.17, 15) is 0 Å². The van der Waals surface area contributed by atoms with Gasteiger partial charge in [0.1, 0.15) is 0 Å². The van der Waals surface area contributed by atoms with Gasteiger partial charge in [0.2, 0.25) is 0 Å². The summed E-state index contributed by atoms with van der Waals surface area (Å²) in [7, 11) is 0. The van der Waals surface area contributed by atoms with Gasteiger partial charge in [0.15, 0.2) is 34.9 Å². The minimum Gasteiger partial charge on any atom is -0.208 e. The molecule has 2 aromatic heterocycles. The lowest BCUT2D eigenvalue weighted by molar-refractivity contribution is 1.07. The van der Waals surface area contributed by atoms with E-state index in [1.807, 2.05) is 48.5 Å². The number of hydrogen-bond donors (Lipinski definition) is 0. The molecule has 0 radical (unpaired) electrons. The average Bonchev–Trinajstić information content (AvgIpc) is 3.36. The second-order valence-corrected chi connectivity index (χ2v) is 16.9. The van der Waals surface area contributed by atoms with E-state index in [0.717, 1.165) is 77.9 Å². The summed E-state index contributed by atoms with van der Waals surface area (Å²) < 4.78 is 0. The van der Waals surface area contributed by atoms with Crippen molar-refractivity contribution in [3.8, 4) is 90.6 Å². The normalized spacial score (nSPS) is 11.3. The van der Waals surface area contributed by atoms with Crippen molar-refractivity contribution in [2.75, 3.05) is 0 Å². The Morgan fingerprint density at radius 3 is 0.818 bits per heavy atom. The minimum atomic E-state index is 0.635. The van der Waals surface area contributed by atoms with E-state index in [4.69, 9.17) is 29.9 Å². The highest BCUT2D eigenvalue weighted by Gasteiger charge is 2.18. The molecule has 11 aromatic rings. The standard InChI is InChI=1S/C60H44N6/c1-37-17-5-9-25-45(37)57-61-55(62-58(65-57)46-26-10-6-18-38(46)2)43-23-13-21-41(35-43)49-29-15-31-51-52-32-16-30-50(54(52)34-33-53(49)51)42-22-14-24-44(36-42)56-63-59(47-27-11-7-19-39(47)3)66-60(64-56)48-28-12-8-20-40(48)4/h5-36H,1-4H3. The first kappa shape index (κ1) is 40.3. The van der Waals surface area contributed by atoms with Crippen molar-refractivity contribution in [2.24, 2.45) is 0 Å². The van der Waals surface area contributed by atoms with Crippen LogP contribution in [0, 0.1) is 27.7 Å². The molecule has 11 rings (SSSR count). The molecule has 6 nitrogen and oxygen atoms in total. The van der Waals surface area contributed by atoms with Gasteiger partial charge in [-0.05, 0) is 106 Å². The zero-order chi connectivity index (χ0) is 44.7. The topological polar surface area (TPSA) is 77.3 Å². The third-order valence-electron chi connectivity index (χ3n) is 12.6. The lowest BCUT2D eigenvalue weighted by Crippen LogP contribution is -2.02. The number of rotatable bonds is 8. The van der Waals surface area contributed by atoms with E-state index in [0.29, 0.717) is 34.9 Å². The van der Waals surface area contributed by atoms with E-state index in [1.54, 1.807) is 0 Å². The first-order valence-corrected chi connectivity index (χ1v) is 22.3. The molecular weight excluding hydrogens is 805 g/mol. The summed E-state index contributed by atoms with van der Waals surface area (Å²) in [6.45, 7) is 8.38. The fourth-order valence-electron chi connectivity index (χ4n) is 9.07. The average molecular weight is 849 g/mol. The molecule has 66 heavy (non-hydrogen) atoms. The third kappa shape index (κ3) is 7.48. The first-order chi connectivity index (χ1) is 32.4. The van der Waals surface area contributed by atoms with Gasteiger partial charge in [-0.2, -0.15) is 0 Å². The maximum absolute atomic E-state index is 5.10. The van der Waals surface area contributed by atoms with Gasteiger partial charge >= 0.3 is 0 Å². The number of nitrogens with zero attached hydrogens (tertiary/aromatic N) is 6. The van der Waals surface area contributed by atoms with Crippen LogP contribution in [0.1, 0.15) is 22.3 Å². The summed E-state index contributed by atoms with van der Waals surface area (Å²) in [4.78, 5) is 30.5. The van der Waals surface area contributed by atoms with Crippen LogP contribution in [0.25, 0.3) is 112 Å². The molecular formula is C60H44N6. The first-order valence-electron chi connectivity index (χ1n) is 22.3. The molecule has 0 aliphatic rings. The van der Waals surface area contributed by atoms with Crippen molar-refractivity contribution in [2.45, 2.75) is 27.7 Å². The van der Waals surface area contributed by atoms with E-state index in [1.165, 1.54) is 21.5 Å². The molecule has 0 saturated carbocycles. The van der Waals surface area contributed by atoms with Crippen LogP contribution < -0.4 is 0 Å². The molecule has 0 spiro atoms. The second-order valence-electron chi connectivity index (χ2n) is 16.9. The summed E-state index contributed by atoms with van der Waals surface area (Å²) in [5.74, 6) is 3.91. The third-order valence-corrected chi connectivity index (χ3v) is 12.6. The van der Waals surface area contributed by atoms with E-state index >= 15 is 0 Å². The molecule has 0 amide bonds. The SMILES string of the molecule is Cc1ccccc1-c1nc(-c2cccc(-c3cccc4c3ccc3c(-c5cccc(-c6nc(-c7ccccc7C)nc(-c7ccccc7C)n6)c5)cccc34)c2)nc(-c2ccccc2C)n1. The van der Waals surface area contributed by atoms with Crippen molar-refractivity contribution < 1.29 is 0 Å². The fraction of sp³-hybridized carbons (Fsp3) is 0.0667. The zero-order valence-corrected chi connectivity index (χ0v) is 37.2. The summed E-state index contributed by atoms with van der Waals surface area (Å²) in [5, 5.41) is 4.70. The van der Waals surface area contributed by atoms with Crippen LogP contribution >= 0.6 is 0 Å². The van der Waals surface area contributed by atoms with Gasteiger partial charge in [0.05, 0.1) is 0 Å². The number of aromatic nitrogens is 6. The molecule has 0 bridgehead atoms. The molecule has 0 unspecified atom stereocenters. The molecule has 0 saturated heterocycles. The van der Waals surface area contributed by atoms with Crippen LogP contribution in [0.4, 0.5) is 0 Å². The molecule has 0 aliphatic carbocycles. The summed E-state index contributed by atoms with van der Waals surface area (Å²) in [5.41, 5.74) is 14.7. The van der Waals surface area contributed by atoms with Crippen LogP contribution in [0.5, 0.6) is 0 Å². The van der Waals surface area contributed by atoms with Crippen molar-refractivity contribution in [1.82, 2.24) is 29.9 Å². The smallest absolute Gasteiger partial charge is 0.164 e. The Balaban J connectivity index is 0.997. The Kier molecular flexibility index (Phi) is 10.3. The molecule has 6 heteroatoms. The number of benzene rings is 9. The van der Waals surface area contributed by atoms with Crippen molar-refractivity contribution in [1.29, 1.82) is 0 Å². The van der Waals surface area contributed by atoms with Gasteiger partial charge in [-0.1, -0.05) is 182 Å². The fourth-order valence-corrected chi connectivity index (χ4v) is 9.07. The molecule has 0 N–H and O–H groups in total. The predicted molar refractivity (Wildman–Crippen MR) is 271 cm³/mol. The molecule has 0 aliphatic heterocycles. The quantitative estimate of drug-likeness (QED) is 0.142. The molecule has 314 valence electrons. The second kappa shape index (κ2) is 16.9. The van der Waals surface area contributed by atoms with E-state index in [-0.39, 0.29) is 0 Å². The van der Waals surface area contributed by atoms with Gasteiger partial charge in [0, 0.05) is 33.4 Å². The number of hydrogen-bond acceptors (Lipinski definition) is 6. The van der Waals surface area contributed by atoms with Gasteiger partial charge < -0.3 is 0 Å². The maximum atomic E-state index is 5.10. The van der Waals surface area contributed by atoms with Gasteiger partial charge in [-0.25, -0.2) is 29.9 Å². The summed E-state index contributed by atoms with van der Waals surface area (Å²) in [6.07, 6.45) is 0. The highest BCUT2D eigenvalue weighted by Crippen LogP contribution is 2.39. The van der Waals surface area contributed by atoms with E-state index < -0.39 is 0 Å². The van der Waals surface area contributed by atoms with Crippen LogP contribution in [0.2, 0.25) is 0 Å². The Labute approximate surface area is 384 Å². The van der Waals surface area contributed by atoms with Gasteiger partial charge in [-0.3, -0.25) is 0 Å². The van der Waals surface area contributed by atoms with Gasteiger partial charge in [0.25, 0.3) is 0 Å². The number of fused-ring (bicyclic) bond motifs is 3. The number of aryl methyl sites for hydroxylation is 4. The molecule has 2 heterocycles. The molecule has 9 aromatic carbocycles. The van der Waals surface area contributed by atoms with Crippen LogP contribution in [-0.2, 0) is 0 Å². The lowest BCUT2D eigenvalue weighted by Gasteiger charge is -2.14. The molecule has 0 fully saturated rings. The summed E-state index contributed by atoms with van der Waals surface area (Å²) >= 11 is 0. The maximum Gasteiger partial charge on any atom is 0.164 e. The summed E-state index contributed by atoms with van der Waals surface area (Å²) in [6, 6.07) is 67.8. The van der Waals surface area contributed by atoms with E-state index in [2.05, 4.69) is 173 Å². The monoisotopic (exact) mass is 848 g/mol. The zero-order valence-electron chi connectivity index (χ0n) is 37.2. The Hall–Kier alpha value is -8.48. The van der Waals surface area contributed by atoms with Crippen LogP contribution in [-0.4, -0.2) is 29.9 Å². The Bertz CT molecular complexity index is 3300. The van der Waals surface area contributed by atoms with Gasteiger partial charge in [-0.15, -0.1) is 0 Å².